The molecule has 0 bridgehead atoms. The number of hydrogen-bond donors (Lipinski definition) is 2. The van der Waals surface area contributed by atoms with Gasteiger partial charge in [-0.05, 0) is 61.9 Å². The molecule has 1 aliphatic rings. The zero-order valence-corrected chi connectivity index (χ0v) is 13.8. The SMILES string of the molecule is CCc1ccc(NC(=O)CN2CCC(CC)(CO)CC2)cc1. The van der Waals surface area contributed by atoms with E-state index in [1.807, 2.05) is 24.3 Å². The van der Waals surface area contributed by atoms with Crippen LogP contribution in [0, 0.1) is 5.41 Å². The molecular formula is C18H28N2O2. The summed E-state index contributed by atoms with van der Waals surface area (Å²) in [7, 11) is 0. The third-order valence-electron chi connectivity index (χ3n) is 5.02. The number of aryl methyl sites for hydroxylation is 1. The highest BCUT2D eigenvalue weighted by Crippen LogP contribution is 2.33. The Morgan fingerprint density at radius 2 is 1.86 bits per heavy atom. The van der Waals surface area contributed by atoms with Gasteiger partial charge in [-0.1, -0.05) is 26.0 Å². The Kier molecular flexibility index (Phi) is 5.98. The highest BCUT2D eigenvalue weighted by Gasteiger charge is 2.32. The monoisotopic (exact) mass is 304 g/mol. The zero-order chi connectivity index (χ0) is 16.0. The quantitative estimate of drug-likeness (QED) is 0.849. The van der Waals surface area contributed by atoms with Crippen molar-refractivity contribution in [3.05, 3.63) is 29.8 Å². The Morgan fingerprint density at radius 3 is 2.36 bits per heavy atom. The molecule has 1 saturated heterocycles. The van der Waals surface area contributed by atoms with Crippen LogP contribution in [0.3, 0.4) is 0 Å². The first-order valence-electron chi connectivity index (χ1n) is 8.33. The van der Waals surface area contributed by atoms with E-state index in [-0.39, 0.29) is 17.9 Å². The van der Waals surface area contributed by atoms with Crippen LogP contribution in [0.2, 0.25) is 0 Å². The van der Waals surface area contributed by atoms with Gasteiger partial charge in [0.25, 0.3) is 0 Å². The molecule has 2 rings (SSSR count). The molecule has 0 radical (unpaired) electrons. The van der Waals surface area contributed by atoms with Crippen molar-refractivity contribution < 1.29 is 9.90 Å². The van der Waals surface area contributed by atoms with E-state index in [9.17, 15) is 9.90 Å². The van der Waals surface area contributed by atoms with E-state index in [2.05, 4.69) is 24.1 Å². The van der Waals surface area contributed by atoms with E-state index in [1.165, 1.54) is 5.56 Å². The molecule has 1 amide bonds. The minimum atomic E-state index is 0.0391. The fourth-order valence-electron chi connectivity index (χ4n) is 3.04. The van der Waals surface area contributed by atoms with E-state index in [0.717, 1.165) is 44.5 Å². The average Bonchev–Trinajstić information content (AvgIpc) is 2.56. The van der Waals surface area contributed by atoms with Crippen LogP contribution in [0.15, 0.2) is 24.3 Å². The fourth-order valence-corrected chi connectivity index (χ4v) is 3.04. The Hall–Kier alpha value is -1.39. The molecule has 1 aliphatic heterocycles. The number of carbonyl (C=O) groups is 1. The predicted octanol–water partition coefficient (Wildman–Crippen LogP) is 2.67. The molecule has 0 atom stereocenters. The van der Waals surface area contributed by atoms with Gasteiger partial charge in [-0.25, -0.2) is 0 Å². The molecule has 0 saturated carbocycles. The molecule has 1 fully saturated rings. The Bertz CT molecular complexity index is 470. The van der Waals surface area contributed by atoms with Crippen molar-refractivity contribution in [2.75, 3.05) is 31.6 Å². The maximum Gasteiger partial charge on any atom is 0.238 e. The van der Waals surface area contributed by atoms with Gasteiger partial charge in [0.2, 0.25) is 5.91 Å². The van der Waals surface area contributed by atoms with Gasteiger partial charge in [-0.2, -0.15) is 0 Å². The van der Waals surface area contributed by atoms with Gasteiger partial charge in [0.1, 0.15) is 0 Å². The molecular weight excluding hydrogens is 276 g/mol. The predicted molar refractivity (Wildman–Crippen MR) is 89.9 cm³/mol. The average molecular weight is 304 g/mol. The number of hydrogen-bond acceptors (Lipinski definition) is 3. The molecule has 1 aromatic carbocycles. The van der Waals surface area contributed by atoms with E-state index < -0.39 is 0 Å². The summed E-state index contributed by atoms with van der Waals surface area (Å²) < 4.78 is 0. The molecule has 0 unspecified atom stereocenters. The van der Waals surface area contributed by atoms with Gasteiger partial charge in [-0.3, -0.25) is 9.69 Å². The standard InChI is InChI=1S/C18H28N2O2/c1-3-15-5-7-16(8-6-15)19-17(22)13-20-11-9-18(4-2,14-21)10-12-20/h5-8,21H,3-4,9-14H2,1-2H3,(H,19,22). The lowest BCUT2D eigenvalue weighted by atomic mass is 9.77. The van der Waals surface area contributed by atoms with E-state index in [1.54, 1.807) is 0 Å². The molecule has 4 nitrogen and oxygen atoms in total. The first-order chi connectivity index (χ1) is 10.6. The van der Waals surface area contributed by atoms with Crippen LogP contribution < -0.4 is 5.32 Å². The van der Waals surface area contributed by atoms with Crippen LogP contribution in [0.5, 0.6) is 0 Å². The van der Waals surface area contributed by atoms with E-state index in [4.69, 9.17) is 0 Å². The number of likely N-dealkylation sites (tertiary alicyclic amines) is 1. The first kappa shape index (κ1) is 17.0. The van der Waals surface area contributed by atoms with Crippen LogP contribution in [0.4, 0.5) is 5.69 Å². The van der Waals surface area contributed by atoms with Gasteiger partial charge in [-0.15, -0.1) is 0 Å². The second-order valence-electron chi connectivity index (χ2n) is 6.39. The lowest BCUT2D eigenvalue weighted by molar-refractivity contribution is -0.118. The summed E-state index contributed by atoms with van der Waals surface area (Å²) in [5.41, 5.74) is 2.20. The summed E-state index contributed by atoms with van der Waals surface area (Å²) in [6, 6.07) is 8.02. The van der Waals surface area contributed by atoms with Crippen molar-refractivity contribution in [2.45, 2.75) is 39.5 Å². The van der Waals surface area contributed by atoms with Gasteiger partial charge in [0.05, 0.1) is 6.54 Å². The smallest absolute Gasteiger partial charge is 0.238 e. The highest BCUT2D eigenvalue weighted by molar-refractivity contribution is 5.92. The van der Waals surface area contributed by atoms with Crippen LogP contribution in [-0.4, -0.2) is 42.2 Å². The number of piperidine rings is 1. The number of aliphatic hydroxyl groups is 1. The Labute approximate surface area is 133 Å². The lowest BCUT2D eigenvalue weighted by Crippen LogP contribution is -2.44. The third kappa shape index (κ3) is 4.31. The lowest BCUT2D eigenvalue weighted by Gasteiger charge is -2.39. The van der Waals surface area contributed by atoms with Crippen molar-refractivity contribution >= 4 is 11.6 Å². The Morgan fingerprint density at radius 1 is 1.23 bits per heavy atom. The molecule has 0 aromatic heterocycles. The van der Waals surface area contributed by atoms with Crippen molar-refractivity contribution in [3.8, 4) is 0 Å². The third-order valence-corrected chi connectivity index (χ3v) is 5.02. The number of nitrogens with zero attached hydrogens (tertiary/aromatic N) is 1. The minimum absolute atomic E-state index is 0.0391. The molecule has 0 aliphatic carbocycles. The van der Waals surface area contributed by atoms with Gasteiger partial charge in [0, 0.05) is 12.3 Å². The summed E-state index contributed by atoms with van der Waals surface area (Å²) in [4.78, 5) is 14.3. The molecule has 22 heavy (non-hydrogen) atoms. The second-order valence-corrected chi connectivity index (χ2v) is 6.39. The summed E-state index contributed by atoms with van der Waals surface area (Å²) in [5, 5.41) is 12.5. The minimum Gasteiger partial charge on any atom is -0.396 e. The number of benzene rings is 1. The summed E-state index contributed by atoms with van der Waals surface area (Å²) >= 11 is 0. The van der Waals surface area contributed by atoms with Gasteiger partial charge in [0.15, 0.2) is 0 Å². The maximum absolute atomic E-state index is 12.1. The largest absolute Gasteiger partial charge is 0.396 e. The summed E-state index contributed by atoms with van der Waals surface area (Å²) in [6.45, 7) is 6.71. The molecule has 0 spiro atoms. The molecule has 1 heterocycles. The molecule has 2 N–H and O–H groups in total. The van der Waals surface area contributed by atoms with Crippen molar-refractivity contribution in [1.82, 2.24) is 4.90 Å². The summed E-state index contributed by atoms with van der Waals surface area (Å²) in [5.74, 6) is 0.0391. The van der Waals surface area contributed by atoms with Crippen molar-refractivity contribution in [1.29, 1.82) is 0 Å². The van der Waals surface area contributed by atoms with Crippen LogP contribution >= 0.6 is 0 Å². The number of rotatable bonds is 6. The number of nitrogens with one attached hydrogen (secondary N) is 1. The number of aliphatic hydroxyl groups excluding tert-OH is 1. The molecule has 1 aromatic rings. The maximum atomic E-state index is 12.1. The van der Waals surface area contributed by atoms with Crippen LogP contribution in [-0.2, 0) is 11.2 Å². The number of amides is 1. The van der Waals surface area contributed by atoms with Crippen molar-refractivity contribution in [3.63, 3.8) is 0 Å². The number of anilines is 1. The van der Waals surface area contributed by atoms with E-state index >= 15 is 0 Å². The first-order valence-corrected chi connectivity index (χ1v) is 8.33. The second kappa shape index (κ2) is 7.75. The topological polar surface area (TPSA) is 52.6 Å². The van der Waals surface area contributed by atoms with E-state index in [0.29, 0.717) is 6.54 Å². The Balaban J connectivity index is 1.80. The van der Waals surface area contributed by atoms with Gasteiger partial charge < -0.3 is 10.4 Å². The normalized spacial score (nSPS) is 18.1. The van der Waals surface area contributed by atoms with Gasteiger partial charge >= 0.3 is 0 Å². The highest BCUT2D eigenvalue weighted by atomic mass is 16.3. The fraction of sp³-hybridized carbons (Fsp3) is 0.611. The number of carbonyl (C=O) groups excluding carboxylic acids is 1. The van der Waals surface area contributed by atoms with Crippen LogP contribution in [0.1, 0.15) is 38.7 Å². The van der Waals surface area contributed by atoms with Crippen LogP contribution in [0.25, 0.3) is 0 Å². The van der Waals surface area contributed by atoms with Crippen molar-refractivity contribution in [2.24, 2.45) is 5.41 Å². The summed E-state index contributed by atoms with van der Waals surface area (Å²) in [6.07, 6.45) is 3.95. The molecule has 4 heteroatoms. The zero-order valence-electron chi connectivity index (χ0n) is 13.8. The molecule has 122 valence electrons.